The molecule has 1 N–H and O–H groups in total. The fourth-order valence-electron chi connectivity index (χ4n) is 3.25. The molecule has 3 amide bonds. The van der Waals surface area contributed by atoms with E-state index in [0.717, 1.165) is 22.2 Å². The molecular formula is C26H20ClFN2O4S. The minimum atomic E-state index is -0.534. The number of rotatable bonds is 7. The van der Waals surface area contributed by atoms with Crippen LogP contribution in [0, 0.1) is 12.7 Å². The molecule has 3 aromatic carbocycles. The molecule has 1 aliphatic rings. The van der Waals surface area contributed by atoms with E-state index in [-0.39, 0.29) is 28.6 Å². The molecule has 3 aromatic rings. The van der Waals surface area contributed by atoms with Crippen LogP contribution in [0.3, 0.4) is 0 Å². The number of anilines is 1. The number of thioether (sulfide) groups is 1. The Hall–Kier alpha value is -3.62. The lowest BCUT2D eigenvalue weighted by atomic mass is 10.2. The van der Waals surface area contributed by atoms with Gasteiger partial charge in [0.25, 0.3) is 11.1 Å². The second-order valence-electron chi connectivity index (χ2n) is 7.74. The predicted octanol–water partition coefficient (Wildman–Crippen LogP) is 6.04. The fraction of sp³-hybridized carbons (Fsp3) is 0.115. The zero-order valence-corrected chi connectivity index (χ0v) is 20.2. The summed E-state index contributed by atoms with van der Waals surface area (Å²) in [4.78, 5) is 38.5. The van der Waals surface area contributed by atoms with Gasteiger partial charge in [0, 0.05) is 11.3 Å². The van der Waals surface area contributed by atoms with Crippen molar-refractivity contribution >= 4 is 52.2 Å². The summed E-state index contributed by atoms with van der Waals surface area (Å²) in [5, 5.41) is 2.45. The maximum absolute atomic E-state index is 13.9. The molecule has 1 aliphatic heterocycles. The van der Waals surface area contributed by atoms with Crippen molar-refractivity contribution in [3.63, 3.8) is 0 Å². The largest absolute Gasteiger partial charge is 0.489 e. The lowest BCUT2D eigenvalue weighted by Gasteiger charge is -2.12. The number of hydrogen-bond donors (Lipinski definition) is 1. The number of nitrogens with one attached hydrogen (secondary N) is 1. The van der Waals surface area contributed by atoms with Gasteiger partial charge in [-0.15, -0.1) is 0 Å². The molecule has 1 heterocycles. The highest BCUT2D eigenvalue weighted by Crippen LogP contribution is 2.32. The molecule has 6 nitrogen and oxygen atoms in total. The number of carbonyl (C=O) groups is 3. The van der Waals surface area contributed by atoms with Gasteiger partial charge in [0.2, 0.25) is 5.91 Å². The number of halogens is 2. The number of hydrogen-bond acceptors (Lipinski definition) is 5. The standard InChI is InChI=1S/C26H20ClFN2O4S/c1-16-5-9-18(10-6-16)29-24(31)14-30-25(32)23(35-26(30)33)13-17-7-11-19(12-8-17)34-15-20-21(27)3-2-4-22(20)28/h2-13H,14-15H2,1H3,(H,29,31)/b23-13-. The van der Waals surface area contributed by atoms with E-state index >= 15 is 0 Å². The summed E-state index contributed by atoms with van der Waals surface area (Å²) in [7, 11) is 0. The molecule has 1 fully saturated rings. The van der Waals surface area contributed by atoms with Crippen molar-refractivity contribution in [1.82, 2.24) is 4.90 Å². The van der Waals surface area contributed by atoms with Gasteiger partial charge in [0.1, 0.15) is 24.7 Å². The zero-order valence-electron chi connectivity index (χ0n) is 18.6. The Labute approximate surface area is 210 Å². The smallest absolute Gasteiger partial charge is 0.294 e. The second-order valence-corrected chi connectivity index (χ2v) is 9.14. The molecule has 35 heavy (non-hydrogen) atoms. The molecule has 4 rings (SSSR count). The first kappa shape index (κ1) is 24.5. The average Bonchev–Trinajstić information content (AvgIpc) is 3.08. The van der Waals surface area contributed by atoms with E-state index < -0.39 is 22.9 Å². The molecule has 9 heteroatoms. The molecule has 0 aromatic heterocycles. The van der Waals surface area contributed by atoms with E-state index in [1.54, 1.807) is 48.5 Å². The molecule has 1 saturated heterocycles. The minimum absolute atomic E-state index is 0.0333. The number of nitrogens with zero attached hydrogens (tertiary/aromatic N) is 1. The van der Waals surface area contributed by atoms with Gasteiger partial charge < -0.3 is 10.1 Å². The zero-order chi connectivity index (χ0) is 24.9. The maximum Gasteiger partial charge on any atom is 0.294 e. The van der Waals surface area contributed by atoms with E-state index in [9.17, 15) is 18.8 Å². The first-order valence-corrected chi connectivity index (χ1v) is 11.8. The Kier molecular flexibility index (Phi) is 7.53. The van der Waals surface area contributed by atoms with Crippen LogP contribution >= 0.6 is 23.4 Å². The van der Waals surface area contributed by atoms with Crippen molar-refractivity contribution in [3.05, 3.63) is 99.2 Å². The second kappa shape index (κ2) is 10.8. The molecule has 0 bridgehead atoms. The topological polar surface area (TPSA) is 75.7 Å². The van der Waals surface area contributed by atoms with Crippen LogP contribution in [0.2, 0.25) is 5.02 Å². The first-order chi connectivity index (χ1) is 16.8. The van der Waals surface area contributed by atoms with Crippen LogP contribution in [0.25, 0.3) is 6.08 Å². The molecule has 0 aliphatic carbocycles. The third kappa shape index (κ3) is 6.09. The van der Waals surface area contributed by atoms with E-state index in [4.69, 9.17) is 16.3 Å². The summed E-state index contributed by atoms with van der Waals surface area (Å²) in [6.45, 7) is 1.52. The third-order valence-corrected chi connectivity index (χ3v) is 6.39. The fourth-order valence-corrected chi connectivity index (χ4v) is 4.31. The van der Waals surface area contributed by atoms with Crippen molar-refractivity contribution in [2.75, 3.05) is 11.9 Å². The monoisotopic (exact) mass is 510 g/mol. The lowest BCUT2D eigenvalue weighted by Crippen LogP contribution is -2.36. The quantitative estimate of drug-likeness (QED) is 0.392. The van der Waals surface area contributed by atoms with Gasteiger partial charge in [0.05, 0.1) is 9.93 Å². The minimum Gasteiger partial charge on any atom is -0.489 e. The highest BCUT2D eigenvalue weighted by Gasteiger charge is 2.36. The average molecular weight is 511 g/mol. The predicted molar refractivity (Wildman–Crippen MR) is 135 cm³/mol. The summed E-state index contributed by atoms with van der Waals surface area (Å²) in [6, 6.07) is 18.4. The van der Waals surface area contributed by atoms with Gasteiger partial charge in [-0.05, 0) is 66.7 Å². The van der Waals surface area contributed by atoms with Crippen LogP contribution in [0.15, 0.2) is 71.6 Å². The molecule has 0 unspecified atom stereocenters. The van der Waals surface area contributed by atoms with Crippen molar-refractivity contribution < 1.29 is 23.5 Å². The van der Waals surface area contributed by atoms with Crippen LogP contribution < -0.4 is 10.1 Å². The van der Waals surface area contributed by atoms with E-state index in [0.29, 0.717) is 17.0 Å². The van der Waals surface area contributed by atoms with Crippen LogP contribution in [0.5, 0.6) is 5.75 Å². The summed E-state index contributed by atoms with van der Waals surface area (Å²) in [5.41, 5.74) is 2.56. The van der Waals surface area contributed by atoms with Crippen molar-refractivity contribution in [2.24, 2.45) is 0 Å². The van der Waals surface area contributed by atoms with Gasteiger partial charge in [-0.25, -0.2) is 4.39 Å². The van der Waals surface area contributed by atoms with Gasteiger partial charge in [-0.1, -0.05) is 47.5 Å². The Morgan fingerprint density at radius 2 is 1.80 bits per heavy atom. The van der Waals surface area contributed by atoms with E-state index in [1.807, 2.05) is 19.1 Å². The highest BCUT2D eigenvalue weighted by atomic mass is 35.5. The number of imide groups is 1. The normalized spacial score (nSPS) is 14.5. The number of ether oxygens (including phenoxy) is 1. The summed E-state index contributed by atoms with van der Waals surface area (Å²) in [6.07, 6.45) is 1.57. The molecule has 0 radical (unpaired) electrons. The molecule has 0 saturated carbocycles. The first-order valence-electron chi connectivity index (χ1n) is 10.6. The third-order valence-electron chi connectivity index (χ3n) is 5.13. The highest BCUT2D eigenvalue weighted by molar-refractivity contribution is 8.18. The van der Waals surface area contributed by atoms with Gasteiger partial charge in [-0.2, -0.15) is 0 Å². The Bertz CT molecular complexity index is 1290. The number of aryl methyl sites for hydroxylation is 1. The Morgan fingerprint density at radius 3 is 2.49 bits per heavy atom. The maximum atomic E-state index is 13.9. The van der Waals surface area contributed by atoms with Crippen molar-refractivity contribution in [3.8, 4) is 5.75 Å². The SMILES string of the molecule is Cc1ccc(NC(=O)CN2C(=O)S/C(=C\c3ccc(OCc4c(F)cccc4Cl)cc3)C2=O)cc1. The molecule has 0 atom stereocenters. The molecular weight excluding hydrogens is 491 g/mol. The Morgan fingerprint density at radius 1 is 1.09 bits per heavy atom. The molecule has 0 spiro atoms. The van der Waals surface area contributed by atoms with Crippen LogP contribution in [-0.2, 0) is 16.2 Å². The van der Waals surface area contributed by atoms with Crippen molar-refractivity contribution in [1.29, 1.82) is 0 Å². The summed E-state index contributed by atoms with van der Waals surface area (Å²) < 4.78 is 19.5. The van der Waals surface area contributed by atoms with Gasteiger partial charge in [-0.3, -0.25) is 19.3 Å². The number of benzene rings is 3. The van der Waals surface area contributed by atoms with Crippen LogP contribution in [0.1, 0.15) is 16.7 Å². The number of amides is 3. The van der Waals surface area contributed by atoms with Gasteiger partial charge in [0.15, 0.2) is 0 Å². The number of carbonyl (C=O) groups excluding carboxylic acids is 3. The summed E-state index contributed by atoms with van der Waals surface area (Å²) >= 11 is 6.79. The van der Waals surface area contributed by atoms with Crippen molar-refractivity contribution in [2.45, 2.75) is 13.5 Å². The van der Waals surface area contributed by atoms with Crippen LogP contribution in [0.4, 0.5) is 14.9 Å². The lowest BCUT2D eigenvalue weighted by molar-refractivity contribution is -0.127. The molecule has 178 valence electrons. The van der Waals surface area contributed by atoms with E-state index in [2.05, 4.69) is 5.32 Å². The Balaban J connectivity index is 1.37. The summed E-state index contributed by atoms with van der Waals surface area (Å²) in [5.74, 6) is -0.956. The van der Waals surface area contributed by atoms with Crippen LogP contribution in [-0.4, -0.2) is 28.5 Å². The van der Waals surface area contributed by atoms with Gasteiger partial charge >= 0.3 is 0 Å². The van der Waals surface area contributed by atoms with E-state index in [1.165, 1.54) is 12.1 Å².